The third kappa shape index (κ3) is 5.14. The molecule has 10 aromatic carbocycles. The highest BCUT2D eigenvalue weighted by atomic mass is 28.2. The monoisotopic (exact) mass is 662 g/mol. The summed E-state index contributed by atoms with van der Waals surface area (Å²) in [6.45, 7) is 0. The van der Waals surface area contributed by atoms with Crippen LogP contribution in [0.15, 0.2) is 194 Å². The third-order valence-electron chi connectivity index (χ3n) is 10.6. The van der Waals surface area contributed by atoms with Crippen molar-refractivity contribution in [2.75, 3.05) is 0 Å². The second-order valence-electron chi connectivity index (χ2n) is 13.7. The molecule has 0 aliphatic heterocycles. The molecule has 0 saturated carbocycles. The zero-order chi connectivity index (χ0) is 33.7. The summed E-state index contributed by atoms with van der Waals surface area (Å²) in [6, 6.07) is 72.2. The summed E-state index contributed by atoms with van der Waals surface area (Å²) in [5.74, 6) is 0. The zero-order valence-corrected chi connectivity index (χ0v) is 29.6. The minimum Gasteiger partial charge on any atom is -0.0633 e. The van der Waals surface area contributed by atoms with Crippen LogP contribution in [0.2, 0.25) is 0 Å². The van der Waals surface area contributed by atoms with Crippen molar-refractivity contribution in [2.24, 2.45) is 0 Å². The molecule has 0 aromatic heterocycles. The van der Waals surface area contributed by atoms with Crippen LogP contribution in [0, 0.1) is 0 Å². The molecule has 0 radical (unpaired) electrons. The molecule has 0 aliphatic carbocycles. The summed E-state index contributed by atoms with van der Waals surface area (Å²) in [7, 11) is -0.666. The summed E-state index contributed by atoms with van der Waals surface area (Å²) >= 11 is 0. The topological polar surface area (TPSA) is 0 Å². The predicted octanol–water partition coefficient (Wildman–Crippen LogP) is 11.6. The van der Waals surface area contributed by atoms with E-state index >= 15 is 0 Å². The van der Waals surface area contributed by atoms with Crippen LogP contribution in [0.4, 0.5) is 0 Å². The lowest BCUT2D eigenvalue weighted by atomic mass is 9.84. The number of fused-ring (bicyclic) bond motifs is 6. The van der Waals surface area contributed by atoms with Crippen molar-refractivity contribution < 1.29 is 0 Å². The van der Waals surface area contributed by atoms with E-state index in [9.17, 15) is 0 Å². The quantitative estimate of drug-likeness (QED) is 0.0977. The molecule has 0 atom stereocenters. The Bertz CT molecular complexity index is 2940. The lowest BCUT2D eigenvalue weighted by Crippen LogP contribution is -2.26. The van der Waals surface area contributed by atoms with E-state index in [0.717, 1.165) is 0 Å². The Labute approximate surface area is 300 Å². The third-order valence-corrected chi connectivity index (χ3v) is 12.3. The molecule has 0 saturated heterocycles. The molecule has 0 amide bonds. The van der Waals surface area contributed by atoms with Crippen LogP contribution in [0.25, 0.3) is 87.2 Å². The minimum atomic E-state index is -0.666. The van der Waals surface area contributed by atoms with Crippen LogP contribution in [-0.2, 0) is 0 Å². The molecule has 0 heterocycles. The van der Waals surface area contributed by atoms with Gasteiger partial charge in [-0.05, 0) is 105 Å². The maximum atomic E-state index is 2.51. The fraction of sp³-hybridized carbons (Fsp3) is 0. The maximum absolute atomic E-state index is 2.51. The van der Waals surface area contributed by atoms with Gasteiger partial charge in [-0.25, -0.2) is 0 Å². The highest BCUT2D eigenvalue weighted by Gasteiger charge is 2.19. The number of rotatable bonds is 5. The van der Waals surface area contributed by atoms with Crippen molar-refractivity contribution >= 4 is 73.8 Å². The van der Waals surface area contributed by atoms with E-state index in [-0.39, 0.29) is 0 Å². The number of hydrogen-bond acceptors (Lipinski definition) is 0. The Hall–Kier alpha value is -6.28. The van der Waals surface area contributed by atoms with E-state index in [1.807, 2.05) is 0 Å². The lowest BCUT2D eigenvalue weighted by molar-refractivity contribution is 1.64. The molecule has 0 N–H and O–H groups in total. The average Bonchev–Trinajstić information content (AvgIpc) is 3.20. The molecule has 51 heavy (non-hydrogen) atoms. The van der Waals surface area contributed by atoms with Crippen molar-refractivity contribution in [1.82, 2.24) is 0 Å². The summed E-state index contributed by atoms with van der Waals surface area (Å²) in [4.78, 5) is 0. The number of hydrogen-bond donors (Lipinski definition) is 0. The van der Waals surface area contributed by atoms with Gasteiger partial charge in [0.25, 0.3) is 0 Å². The lowest BCUT2D eigenvalue weighted by Gasteiger charge is -2.19. The molecule has 0 fully saturated rings. The predicted molar refractivity (Wildman–Crippen MR) is 225 cm³/mol. The second kappa shape index (κ2) is 12.2. The normalized spacial score (nSPS) is 11.8. The molecule has 0 spiro atoms. The first-order valence-corrected chi connectivity index (χ1v) is 19.2. The smallest absolute Gasteiger partial charge is 0.0633 e. The van der Waals surface area contributed by atoms with Crippen LogP contribution >= 0.6 is 0 Å². The molecule has 0 unspecified atom stereocenters. The molecule has 10 rings (SSSR count). The SMILES string of the molecule is c1ccc([SiH2]c2ccc3c(-c4ccc5ccccc5c4)c4ccccc4c(-c4cccc(-c5cc6ccccc6c6ccccc56)c4)c3c2)cc1. The van der Waals surface area contributed by atoms with E-state index in [0.29, 0.717) is 0 Å². The Balaban J connectivity index is 1.26. The van der Waals surface area contributed by atoms with Gasteiger partial charge in [0.2, 0.25) is 0 Å². The van der Waals surface area contributed by atoms with Gasteiger partial charge in [-0.2, -0.15) is 0 Å². The van der Waals surface area contributed by atoms with Gasteiger partial charge in [0, 0.05) is 0 Å². The summed E-state index contributed by atoms with van der Waals surface area (Å²) < 4.78 is 0. The Morgan fingerprint density at radius 2 is 0.843 bits per heavy atom. The van der Waals surface area contributed by atoms with Crippen molar-refractivity contribution in [3.8, 4) is 33.4 Å². The molecule has 0 aliphatic rings. The van der Waals surface area contributed by atoms with Crippen molar-refractivity contribution in [3.05, 3.63) is 194 Å². The summed E-state index contributed by atoms with van der Waals surface area (Å²) in [5.41, 5.74) is 7.62. The van der Waals surface area contributed by atoms with Gasteiger partial charge in [0.15, 0.2) is 0 Å². The van der Waals surface area contributed by atoms with E-state index in [1.54, 1.807) is 0 Å². The van der Waals surface area contributed by atoms with Crippen molar-refractivity contribution in [1.29, 1.82) is 0 Å². The van der Waals surface area contributed by atoms with Gasteiger partial charge >= 0.3 is 0 Å². The Kier molecular flexibility index (Phi) is 7.11. The van der Waals surface area contributed by atoms with E-state index in [2.05, 4.69) is 194 Å². The summed E-state index contributed by atoms with van der Waals surface area (Å²) in [6.07, 6.45) is 0. The van der Waals surface area contributed by atoms with Gasteiger partial charge in [-0.1, -0.05) is 186 Å². The van der Waals surface area contributed by atoms with Gasteiger partial charge in [-0.3, -0.25) is 0 Å². The number of benzene rings is 10. The average molecular weight is 663 g/mol. The van der Waals surface area contributed by atoms with Crippen molar-refractivity contribution in [2.45, 2.75) is 0 Å². The first kappa shape index (κ1) is 29.6. The van der Waals surface area contributed by atoms with Gasteiger partial charge in [-0.15, -0.1) is 0 Å². The first-order chi connectivity index (χ1) is 25.3. The van der Waals surface area contributed by atoms with Crippen LogP contribution in [0.5, 0.6) is 0 Å². The minimum absolute atomic E-state index is 0.666. The molecular formula is C50H34Si. The molecule has 238 valence electrons. The highest BCUT2D eigenvalue weighted by Crippen LogP contribution is 2.45. The van der Waals surface area contributed by atoms with Crippen LogP contribution in [0.1, 0.15) is 0 Å². The van der Waals surface area contributed by atoms with Crippen molar-refractivity contribution in [3.63, 3.8) is 0 Å². The van der Waals surface area contributed by atoms with E-state index in [4.69, 9.17) is 0 Å². The maximum Gasteiger partial charge on any atom is 0.0875 e. The highest BCUT2D eigenvalue weighted by molar-refractivity contribution is 6.67. The van der Waals surface area contributed by atoms with E-state index < -0.39 is 9.52 Å². The van der Waals surface area contributed by atoms with Gasteiger partial charge in [0.1, 0.15) is 0 Å². The van der Waals surface area contributed by atoms with Crippen LogP contribution in [-0.4, -0.2) is 9.52 Å². The fourth-order valence-corrected chi connectivity index (χ4v) is 9.79. The fourth-order valence-electron chi connectivity index (χ4n) is 8.27. The van der Waals surface area contributed by atoms with Crippen LogP contribution < -0.4 is 10.4 Å². The molecule has 0 bridgehead atoms. The largest absolute Gasteiger partial charge is 0.0875 e. The molecular weight excluding hydrogens is 629 g/mol. The summed E-state index contributed by atoms with van der Waals surface area (Å²) in [5, 5.41) is 15.8. The molecule has 1 heteroatoms. The van der Waals surface area contributed by atoms with Gasteiger partial charge < -0.3 is 0 Å². The molecule has 10 aromatic rings. The Morgan fingerprint density at radius 1 is 0.255 bits per heavy atom. The van der Waals surface area contributed by atoms with Gasteiger partial charge in [0.05, 0.1) is 9.52 Å². The van der Waals surface area contributed by atoms with E-state index in [1.165, 1.54) is 97.6 Å². The standard InChI is InChI=1S/C50H34Si/c1-2-18-39(19-3-1)51-40-27-28-46-48(32-40)50(45-24-11-10-23-44(45)49(46)38-26-25-33-13-4-5-14-34(33)29-38)37-17-12-16-35(30-37)47-31-36-15-6-7-20-41(36)42-21-8-9-22-43(42)47/h1-32H,51H2. The Morgan fingerprint density at radius 3 is 1.65 bits per heavy atom. The van der Waals surface area contributed by atoms with Crippen LogP contribution in [0.3, 0.4) is 0 Å². The first-order valence-electron chi connectivity index (χ1n) is 17.8. The zero-order valence-electron chi connectivity index (χ0n) is 28.2. The second-order valence-corrected chi connectivity index (χ2v) is 15.7. The molecule has 0 nitrogen and oxygen atoms in total.